The third kappa shape index (κ3) is 4.50. The number of nitro benzene ring substituents is 1. The van der Waals surface area contributed by atoms with Gasteiger partial charge in [0.05, 0.1) is 10.6 Å². The largest absolute Gasteiger partial charge is 0.364 e. The summed E-state index contributed by atoms with van der Waals surface area (Å²) in [6.07, 6.45) is 0. The molecule has 0 saturated heterocycles. The van der Waals surface area contributed by atoms with Crippen LogP contribution >= 0.6 is 12.2 Å². The highest BCUT2D eigenvalue weighted by molar-refractivity contribution is 7.89. The van der Waals surface area contributed by atoms with Gasteiger partial charge in [-0.3, -0.25) is 21.0 Å². The van der Waals surface area contributed by atoms with Crippen LogP contribution < -0.4 is 16.2 Å². The van der Waals surface area contributed by atoms with Crippen LogP contribution in [0.1, 0.15) is 13.8 Å². The lowest BCUT2D eigenvalue weighted by Crippen LogP contribution is -2.37. The molecule has 0 atom stereocenters. The molecular formula is C12H19N5O4S2. The second-order valence-corrected chi connectivity index (χ2v) is 6.67. The summed E-state index contributed by atoms with van der Waals surface area (Å²) in [5.74, 6) is 0. The van der Waals surface area contributed by atoms with E-state index in [1.165, 1.54) is 16.4 Å². The zero-order valence-corrected chi connectivity index (χ0v) is 14.6. The van der Waals surface area contributed by atoms with Crippen molar-refractivity contribution < 1.29 is 13.3 Å². The summed E-state index contributed by atoms with van der Waals surface area (Å²) in [7, 11) is -2.28. The zero-order chi connectivity index (χ0) is 17.6. The van der Waals surface area contributed by atoms with E-state index >= 15 is 0 Å². The van der Waals surface area contributed by atoms with Gasteiger partial charge in [-0.25, -0.2) is 8.42 Å². The van der Waals surface area contributed by atoms with Gasteiger partial charge in [0, 0.05) is 32.3 Å². The Kier molecular flexibility index (Phi) is 6.66. The smallest absolute Gasteiger partial charge is 0.270 e. The standard InChI is InChI=1S/C12H19N5O4S2/c1-4-16(5-2)23(20,21)11-8-9(17(18)19)6-7-10(11)14-15-12(22)13-3/h6-8,14H,4-5H2,1-3H3,(H2,13,15,22). The minimum Gasteiger partial charge on any atom is -0.364 e. The average molecular weight is 361 g/mol. The molecule has 0 fully saturated rings. The summed E-state index contributed by atoms with van der Waals surface area (Å²) in [5, 5.41) is 13.8. The molecule has 0 aliphatic heterocycles. The number of thiocarbonyl (C=S) groups is 1. The van der Waals surface area contributed by atoms with Crippen molar-refractivity contribution in [2.24, 2.45) is 0 Å². The maximum atomic E-state index is 12.7. The highest BCUT2D eigenvalue weighted by atomic mass is 32.2. The maximum absolute atomic E-state index is 12.7. The number of sulfonamides is 1. The number of hydrazine groups is 1. The van der Waals surface area contributed by atoms with Gasteiger partial charge in [-0.15, -0.1) is 0 Å². The van der Waals surface area contributed by atoms with Gasteiger partial charge in [0.15, 0.2) is 5.11 Å². The quantitative estimate of drug-likeness (QED) is 0.375. The Labute approximate surface area is 140 Å². The Bertz CT molecular complexity index is 689. The van der Waals surface area contributed by atoms with Crippen LogP contribution in [-0.4, -0.2) is 42.9 Å². The van der Waals surface area contributed by atoms with Crippen LogP contribution in [0.5, 0.6) is 0 Å². The van der Waals surface area contributed by atoms with Crippen LogP contribution in [0.2, 0.25) is 0 Å². The van der Waals surface area contributed by atoms with E-state index in [2.05, 4.69) is 16.2 Å². The van der Waals surface area contributed by atoms with Gasteiger partial charge in [0.1, 0.15) is 4.90 Å². The average Bonchev–Trinajstić information content (AvgIpc) is 2.53. The minimum absolute atomic E-state index is 0.167. The number of hydrogen-bond donors (Lipinski definition) is 3. The molecular weight excluding hydrogens is 342 g/mol. The van der Waals surface area contributed by atoms with Gasteiger partial charge in [0.25, 0.3) is 5.69 Å². The molecule has 0 heterocycles. The van der Waals surface area contributed by atoms with Crippen molar-refractivity contribution in [1.82, 2.24) is 15.0 Å². The second-order valence-electron chi connectivity index (χ2n) is 4.36. The first-order valence-corrected chi connectivity index (χ1v) is 8.65. The van der Waals surface area contributed by atoms with E-state index in [0.29, 0.717) is 0 Å². The third-order valence-corrected chi connectivity index (χ3v) is 5.43. The third-order valence-electron chi connectivity index (χ3n) is 3.04. The first kappa shape index (κ1) is 19.1. The van der Waals surface area contributed by atoms with Crippen molar-refractivity contribution in [3.8, 4) is 0 Å². The van der Waals surface area contributed by atoms with Gasteiger partial charge >= 0.3 is 0 Å². The van der Waals surface area contributed by atoms with Crippen molar-refractivity contribution in [2.45, 2.75) is 18.7 Å². The molecule has 0 aliphatic carbocycles. The predicted octanol–water partition coefficient (Wildman–Crippen LogP) is 1.05. The van der Waals surface area contributed by atoms with Gasteiger partial charge in [-0.1, -0.05) is 13.8 Å². The molecule has 23 heavy (non-hydrogen) atoms. The van der Waals surface area contributed by atoms with Crippen molar-refractivity contribution in [1.29, 1.82) is 0 Å². The van der Waals surface area contributed by atoms with Crippen molar-refractivity contribution >= 4 is 38.7 Å². The number of nitrogens with one attached hydrogen (secondary N) is 3. The molecule has 11 heteroatoms. The molecule has 0 amide bonds. The second kappa shape index (κ2) is 8.04. The van der Waals surface area contributed by atoms with Crippen LogP contribution in [0.25, 0.3) is 0 Å². The van der Waals surface area contributed by atoms with E-state index in [4.69, 9.17) is 12.2 Å². The highest BCUT2D eigenvalue weighted by Crippen LogP contribution is 2.28. The number of hydrogen-bond acceptors (Lipinski definition) is 6. The molecule has 0 radical (unpaired) electrons. The van der Waals surface area contributed by atoms with Crippen LogP contribution in [0.15, 0.2) is 23.1 Å². The monoisotopic (exact) mass is 361 g/mol. The number of nitro groups is 1. The molecule has 0 saturated carbocycles. The van der Waals surface area contributed by atoms with E-state index in [0.717, 1.165) is 6.07 Å². The molecule has 9 nitrogen and oxygen atoms in total. The molecule has 0 bridgehead atoms. The van der Waals surface area contributed by atoms with E-state index in [-0.39, 0.29) is 34.5 Å². The molecule has 1 aromatic rings. The lowest BCUT2D eigenvalue weighted by Gasteiger charge is -2.21. The molecule has 128 valence electrons. The fraction of sp³-hybridized carbons (Fsp3) is 0.417. The molecule has 0 aliphatic rings. The van der Waals surface area contributed by atoms with Crippen LogP contribution in [0.4, 0.5) is 11.4 Å². The Hall–Kier alpha value is -1.98. The Morgan fingerprint density at radius 1 is 1.35 bits per heavy atom. The van der Waals surface area contributed by atoms with Crippen molar-refractivity contribution in [2.75, 3.05) is 25.6 Å². The van der Waals surface area contributed by atoms with E-state index < -0.39 is 14.9 Å². The molecule has 1 rings (SSSR count). The summed E-state index contributed by atoms with van der Waals surface area (Å²) in [6.45, 7) is 3.90. The summed E-state index contributed by atoms with van der Waals surface area (Å²) < 4.78 is 26.6. The normalized spacial score (nSPS) is 11.1. The fourth-order valence-corrected chi connectivity index (χ4v) is 3.51. The van der Waals surface area contributed by atoms with Gasteiger partial charge in [-0.05, 0) is 18.3 Å². The first-order chi connectivity index (χ1) is 10.8. The predicted molar refractivity (Wildman–Crippen MR) is 91.6 cm³/mol. The first-order valence-electron chi connectivity index (χ1n) is 6.80. The lowest BCUT2D eigenvalue weighted by molar-refractivity contribution is -0.385. The van der Waals surface area contributed by atoms with Gasteiger partial charge in [0.2, 0.25) is 10.0 Å². The van der Waals surface area contributed by atoms with Crippen molar-refractivity contribution in [3.63, 3.8) is 0 Å². The number of nitrogens with zero attached hydrogens (tertiary/aromatic N) is 2. The number of non-ortho nitro benzene ring substituents is 1. The summed E-state index contributed by atoms with van der Waals surface area (Å²) in [4.78, 5) is 10.1. The van der Waals surface area contributed by atoms with E-state index in [1.807, 2.05) is 0 Å². The SMILES string of the molecule is CCN(CC)S(=O)(=O)c1cc([N+](=O)[O-])ccc1NNC(=S)NC. The fourth-order valence-electron chi connectivity index (χ4n) is 1.83. The number of benzene rings is 1. The van der Waals surface area contributed by atoms with E-state index in [9.17, 15) is 18.5 Å². The van der Waals surface area contributed by atoms with Crippen LogP contribution in [0.3, 0.4) is 0 Å². The van der Waals surface area contributed by atoms with Gasteiger partial charge < -0.3 is 5.32 Å². The highest BCUT2D eigenvalue weighted by Gasteiger charge is 2.27. The molecule has 0 spiro atoms. The zero-order valence-electron chi connectivity index (χ0n) is 13.0. The Morgan fingerprint density at radius 2 is 1.96 bits per heavy atom. The molecule has 0 aromatic heterocycles. The summed E-state index contributed by atoms with van der Waals surface area (Å²) in [6, 6.07) is 3.56. The molecule has 3 N–H and O–H groups in total. The van der Waals surface area contributed by atoms with Gasteiger partial charge in [-0.2, -0.15) is 4.31 Å². The van der Waals surface area contributed by atoms with Crippen molar-refractivity contribution in [3.05, 3.63) is 28.3 Å². The number of rotatable bonds is 7. The summed E-state index contributed by atoms with van der Waals surface area (Å²) in [5.41, 5.74) is 5.12. The van der Waals surface area contributed by atoms with Crippen LogP contribution in [0, 0.1) is 10.1 Å². The minimum atomic E-state index is -3.88. The Morgan fingerprint density at radius 3 is 2.43 bits per heavy atom. The molecule has 1 aromatic carbocycles. The Balaban J connectivity index is 3.36. The molecule has 0 unspecified atom stereocenters. The number of anilines is 1. The topological polar surface area (TPSA) is 117 Å². The lowest BCUT2D eigenvalue weighted by atomic mass is 10.3. The summed E-state index contributed by atoms with van der Waals surface area (Å²) >= 11 is 4.90. The van der Waals surface area contributed by atoms with Crippen LogP contribution in [-0.2, 0) is 10.0 Å². The maximum Gasteiger partial charge on any atom is 0.270 e. The van der Waals surface area contributed by atoms with E-state index in [1.54, 1.807) is 20.9 Å².